The minimum absolute atomic E-state index is 0.0226. The van der Waals surface area contributed by atoms with Crippen molar-refractivity contribution in [1.82, 2.24) is 15.2 Å². The molecule has 25 heavy (non-hydrogen) atoms. The molecule has 0 saturated carbocycles. The Labute approximate surface area is 145 Å². The van der Waals surface area contributed by atoms with Gasteiger partial charge in [-0.05, 0) is 43.2 Å². The van der Waals surface area contributed by atoms with Gasteiger partial charge in [-0.1, -0.05) is 12.1 Å². The molecular weight excluding hydrogens is 321 g/mol. The smallest absolute Gasteiger partial charge is 0.253 e. The van der Waals surface area contributed by atoms with E-state index in [1.54, 1.807) is 29.2 Å². The van der Waals surface area contributed by atoms with Crippen LogP contribution >= 0.6 is 0 Å². The van der Waals surface area contributed by atoms with E-state index < -0.39 is 0 Å². The van der Waals surface area contributed by atoms with Crippen LogP contribution in [-0.4, -0.2) is 40.8 Å². The van der Waals surface area contributed by atoms with Crippen molar-refractivity contribution in [2.45, 2.75) is 25.8 Å². The van der Waals surface area contributed by atoms with Crippen LogP contribution in [0.2, 0.25) is 0 Å². The molecule has 3 rings (SSSR count). The van der Waals surface area contributed by atoms with E-state index in [4.69, 9.17) is 0 Å². The number of halogens is 1. The van der Waals surface area contributed by atoms with Crippen molar-refractivity contribution < 1.29 is 14.0 Å². The maximum Gasteiger partial charge on any atom is 0.253 e. The summed E-state index contributed by atoms with van der Waals surface area (Å²) in [4.78, 5) is 30.2. The van der Waals surface area contributed by atoms with Gasteiger partial charge < -0.3 is 10.2 Å². The highest BCUT2D eigenvalue weighted by atomic mass is 19.1. The summed E-state index contributed by atoms with van der Waals surface area (Å²) >= 11 is 0. The largest absolute Gasteiger partial charge is 0.347 e. The van der Waals surface area contributed by atoms with Crippen molar-refractivity contribution in [2.24, 2.45) is 0 Å². The quantitative estimate of drug-likeness (QED) is 0.906. The van der Waals surface area contributed by atoms with Crippen molar-refractivity contribution in [3.8, 4) is 0 Å². The van der Waals surface area contributed by atoms with Crippen LogP contribution < -0.4 is 5.32 Å². The molecule has 2 aromatic rings. The maximum absolute atomic E-state index is 12.9. The summed E-state index contributed by atoms with van der Waals surface area (Å²) in [6.07, 6.45) is 2.50. The molecule has 1 N–H and O–H groups in total. The molecule has 0 radical (unpaired) electrons. The summed E-state index contributed by atoms with van der Waals surface area (Å²) in [5.41, 5.74) is 2.31. The molecule has 0 bridgehead atoms. The highest BCUT2D eigenvalue weighted by Crippen LogP contribution is 2.13. The highest BCUT2D eigenvalue weighted by Gasteiger charge is 2.30. The van der Waals surface area contributed by atoms with Crippen molar-refractivity contribution >= 4 is 11.8 Å². The molecule has 5 nitrogen and oxygen atoms in total. The number of aromatic nitrogens is 1. The normalized spacial score (nSPS) is 17.0. The van der Waals surface area contributed by atoms with Crippen LogP contribution in [0.3, 0.4) is 0 Å². The number of pyridine rings is 1. The van der Waals surface area contributed by atoms with Crippen molar-refractivity contribution in [2.75, 3.05) is 13.1 Å². The average Bonchev–Trinajstić information content (AvgIpc) is 2.94. The lowest BCUT2D eigenvalue weighted by Gasteiger charge is -2.17. The minimum atomic E-state index is -0.269. The molecule has 1 fully saturated rings. The second kappa shape index (κ2) is 7.42. The Morgan fingerprint density at radius 3 is 2.72 bits per heavy atom. The van der Waals surface area contributed by atoms with Gasteiger partial charge in [0.2, 0.25) is 5.91 Å². The van der Waals surface area contributed by atoms with Gasteiger partial charge in [0.1, 0.15) is 5.82 Å². The average molecular weight is 341 g/mol. The van der Waals surface area contributed by atoms with Gasteiger partial charge in [0.05, 0.1) is 11.6 Å². The van der Waals surface area contributed by atoms with Gasteiger partial charge in [-0.3, -0.25) is 14.6 Å². The number of nitrogens with zero attached hydrogens (tertiary/aromatic N) is 2. The number of rotatable bonds is 5. The number of benzene rings is 1. The van der Waals surface area contributed by atoms with E-state index in [0.29, 0.717) is 31.5 Å². The summed E-state index contributed by atoms with van der Waals surface area (Å²) in [6.45, 7) is 2.91. The van der Waals surface area contributed by atoms with Gasteiger partial charge in [-0.15, -0.1) is 0 Å². The van der Waals surface area contributed by atoms with Crippen molar-refractivity contribution in [3.63, 3.8) is 0 Å². The molecule has 1 aromatic carbocycles. The second-order valence-electron chi connectivity index (χ2n) is 6.28. The maximum atomic E-state index is 12.9. The van der Waals surface area contributed by atoms with E-state index in [2.05, 4.69) is 10.3 Å². The molecule has 0 spiro atoms. The first-order valence-corrected chi connectivity index (χ1v) is 8.27. The number of likely N-dealkylation sites (tertiary alicyclic amines) is 1. The molecule has 1 atom stereocenters. The Hall–Kier alpha value is -2.76. The molecule has 130 valence electrons. The van der Waals surface area contributed by atoms with Crippen LogP contribution in [0.5, 0.6) is 0 Å². The molecule has 2 amide bonds. The van der Waals surface area contributed by atoms with Gasteiger partial charge in [0.15, 0.2) is 0 Å². The summed E-state index contributed by atoms with van der Waals surface area (Å²) in [5.74, 6) is -0.463. The van der Waals surface area contributed by atoms with Crippen LogP contribution in [0.1, 0.15) is 28.0 Å². The second-order valence-corrected chi connectivity index (χ2v) is 6.28. The predicted octanol–water partition coefficient (Wildman–Crippen LogP) is 2.10. The minimum Gasteiger partial charge on any atom is -0.347 e. The first-order chi connectivity index (χ1) is 12.0. The lowest BCUT2D eigenvalue weighted by atomic mass is 10.1. The molecular formula is C19H20FN3O2. The third-order valence-corrected chi connectivity index (χ3v) is 4.31. The van der Waals surface area contributed by atoms with Crippen LogP contribution in [0.25, 0.3) is 0 Å². The van der Waals surface area contributed by atoms with Crippen molar-refractivity contribution in [1.29, 1.82) is 0 Å². The molecule has 0 aliphatic carbocycles. The number of carbonyl (C=O) groups is 2. The Balaban J connectivity index is 1.52. The number of hydrogen-bond donors (Lipinski definition) is 1. The van der Waals surface area contributed by atoms with Crippen LogP contribution in [0.4, 0.5) is 4.39 Å². The SMILES string of the molecule is Cc1ccc(C(=O)N[C@@H]2CC(=O)N(CCc3ccc(F)cc3)C2)cn1. The van der Waals surface area contributed by atoms with Gasteiger partial charge in [0, 0.05) is 31.4 Å². The molecule has 6 heteroatoms. The number of amides is 2. The summed E-state index contributed by atoms with van der Waals surface area (Å²) in [5, 5.41) is 2.89. The van der Waals surface area contributed by atoms with E-state index >= 15 is 0 Å². The van der Waals surface area contributed by atoms with E-state index in [-0.39, 0.29) is 23.7 Å². The van der Waals surface area contributed by atoms with Crippen LogP contribution in [0.15, 0.2) is 42.6 Å². The molecule has 0 unspecified atom stereocenters. The standard InChI is InChI=1S/C19H20FN3O2/c1-13-2-5-15(11-21-13)19(25)22-17-10-18(24)23(12-17)9-8-14-3-6-16(20)7-4-14/h2-7,11,17H,8-10,12H2,1H3,(H,22,25)/t17-/m1/s1. The fourth-order valence-corrected chi connectivity index (χ4v) is 2.87. The number of aryl methyl sites for hydroxylation is 1. The first kappa shape index (κ1) is 17.1. The van der Waals surface area contributed by atoms with E-state index in [9.17, 15) is 14.0 Å². The Kier molecular flexibility index (Phi) is 5.07. The fraction of sp³-hybridized carbons (Fsp3) is 0.316. The van der Waals surface area contributed by atoms with Gasteiger partial charge in [-0.2, -0.15) is 0 Å². The van der Waals surface area contributed by atoms with Gasteiger partial charge in [-0.25, -0.2) is 4.39 Å². The van der Waals surface area contributed by atoms with Crippen LogP contribution in [0, 0.1) is 12.7 Å². The Morgan fingerprint density at radius 2 is 2.04 bits per heavy atom. The fourth-order valence-electron chi connectivity index (χ4n) is 2.87. The number of hydrogen-bond acceptors (Lipinski definition) is 3. The van der Waals surface area contributed by atoms with E-state index in [1.165, 1.54) is 18.3 Å². The number of nitrogens with one attached hydrogen (secondary N) is 1. The third-order valence-electron chi connectivity index (χ3n) is 4.31. The van der Waals surface area contributed by atoms with Gasteiger partial charge >= 0.3 is 0 Å². The molecule has 1 aliphatic heterocycles. The lowest BCUT2D eigenvalue weighted by Crippen LogP contribution is -2.37. The zero-order valence-electron chi connectivity index (χ0n) is 14.0. The monoisotopic (exact) mass is 341 g/mol. The van der Waals surface area contributed by atoms with E-state index in [0.717, 1.165) is 11.3 Å². The highest BCUT2D eigenvalue weighted by molar-refractivity contribution is 5.94. The number of carbonyl (C=O) groups excluding carboxylic acids is 2. The summed E-state index contributed by atoms with van der Waals surface area (Å²) in [6, 6.07) is 9.58. The summed E-state index contributed by atoms with van der Waals surface area (Å²) in [7, 11) is 0. The Morgan fingerprint density at radius 1 is 1.28 bits per heavy atom. The zero-order valence-corrected chi connectivity index (χ0v) is 14.0. The topological polar surface area (TPSA) is 62.3 Å². The molecule has 1 saturated heterocycles. The lowest BCUT2D eigenvalue weighted by molar-refractivity contribution is -0.127. The third kappa shape index (κ3) is 4.41. The molecule has 2 heterocycles. The predicted molar refractivity (Wildman–Crippen MR) is 91.5 cm³/mol. The van der Waals surface area contributed by atoms with E-state index in [1.807, 2.05) is 6.92 Å². The Bertz CT molecular complexity index is 759. The molecule has 1 aliphatic rings. The molecule has 1 aromatic heterocycles. The van der Waals surface area contributed by atoms with Gasteiger partial charge in [0.25, 0.3) is 5.91 Å². The first-order valence-electron chi connectivity index (χ1n) is 8.27. The summed E-state index contributed by atoms with van der Waals surface area (Å²) < 4.78 is 12.9. The van der Waals surface area contributed by atoms with Crippen LogP contribution in [-0.2, 0) is 11.2 Å². The zero-order chi connectivity index (χ0) is 17.8. The van der Waals surface area contributed by atoms with Crippen molar-refractivity contribution in [3.05, 3.63) is 65.2 Å².